The molecule has 1 aliphatic rings. The normalized spacial score (nSPS) is 23.5. The van der Waals surface area contributed by atoms with E-state index in [1.807, 2.05) is 6.92 Å². The molecule has 1 aromatic rings. The number of morpholine rings is 1. The van der Waals surface area contributed by atoms with Gasteiger partial charge in [-0.2, -0.15) is 4.31 Å². The zero-order chi connectivity index (χ0) is 11.8. The largest absolute Gasteiger partial charge is 0.377 e. The number of sulfonamides is 1. The highest BCUT2D eigenvalue weighted by atomic mass is 32.2. The highest BCUT2D eigenvalue weighted by Crippen LogP contribution is 2.25. The van der Waals surface area contributed by atoms with E-state index in [9.17, 15) is 8.42 Å². The van der Waals surface area contributed by atoms with E-state index < -0.39 is 16.2 Å². The first kappa shape index (κ1) is 12.0. The molecule has 0 aromatic carbocycles. The molecule has 1 saturated heterocycles. The maximum absolute atomic E-state index is 12.2. The fourth-order valence-corrected chi connectivity index (χ4v) is 4.47. The van der Waals surface area contributed by atoms with Crippen LogP contribution in [0.15, 0.2) is 16.3 Å². The van der Waals surface area contributed by atoms with Crippen molar-refractivity contribution in [2.45, 2.75) is 17.3 Å². The third-order valence-electron chi connectivity index (χ3n) is 2.39. The Balaban J connectivity index is 2.31. The molecular weight excluding hydrogens is 248 g/mol. The average Bonchev–Trinajstić information content (AvgIpc) is 2.66. The lowest BCUT2D eigenvalue weighted by molar-refractivity contribution is 0.0351. The molecule has 16 heavy (non-hydrogen) atoms. The second kappa shape index (κ2) is 4.42. The molecule has 90 valence electrons. The van der Waals surface area contributed by atoms with Crippen molar-refractivity contribution in [1.29, 1.82) is 0 Å². The molecule has 5 nitrogen and oxygen atoms in total. The van der Waals surface area contributed by atoms with Crippen LogP contribution in [0.3, 0.4) is 0 Å². The SMILES string of the molecule is Cc1ccc(S(=O)(=O)N2CCOCC2N)s1. The monoisotopic (exact) mass is 262 g/mol. The van der Waals surface area contributed by atoms with Crippen LogP contribution in [0.2, 0.25) is 0 Å². The fourth-order valence-electron chi connectivity index (χ4n) is 1.57. The summed E-state index contributed by atoms with van der Waals surface area (Å²) in [6.45, 7) is 2.85. The highest BCUT2D eigenvalue weighted by molar-refractivity contribution is 7.91. The Kier molecular flexibility index (Phi) is 3.32. The van der Waals surface area contributed by atoms with E-state index in [4.69, 9.17) is 10.5 Å². The lowest BCUT2D eigenvalue weighted by atomic mass is 10.4. The van der Waals surface area contributed by atoms with Gasteiger partial charge in [0.05, 0.1) is 19.4 Å². The molecule has 2 rings (SSSR count). The Hall–Kier alpha value is -0.470. The molecule has 7 heteroatoms. The van der Waals surface area contributed by atoms with Crippen LogP contribution in [0.1, 0.15) is 4.88 Å². The number of hydrogen-bond donors (Lipinski definition) is 1. The van der Waals surface area contributed by atoms with Crippen molar-refractivity contribution in [3.63, 3.8) is 0 Å². The molecule has 1 fully saturated rings. The third-order valence-corrected chi connectivity index (χ3v) is 5.79. The Labute approximate surface area is 98.9 Å². The lowest BCUT2D eigenvalue weighted by Crippen LogP contribution is -2.53. The van der Waals surface area contributed by atoms with E-state index >= 15 is 0 Å². The molecule has 0 radical (unpaired) electrons. The van der Waals surface area contributed by atoms with Crippen molar-refractivity contribution >= 4 is 21.4 Å². The third kappa shape index (κ3) is 2.14. The first-order valence-electron chi connectivity index (χ1n) is 4.93. The maximum atomic E-state index is 12.2. The van der Waals surface area contributed by atoms with Gasteiger partial charge in [0.25, 0.3) is 10.0 Å². The second-order valence-electron chi connectivity index (χ2n) is 3.62. The molecule has 1 unspecified atom stereocenters. The summed E-state index contributed by atoms with van der Waals surface area (Å²) < 4.78 is 31.2. The molecule has 1 aliphatic heterocycles. The van der Waals surface area contributed by atoms with Gasteiger partial charge in [-0.15, -0.1) is 11.3 Å². The molecular formula is C9H14N2O3S2. The Morgan fingerprint density at radius 3 is 2.88 bits per heavy atom. The summed E-state index contributed by atoms with van der Waals surface area (Å²) in [5.74, 6) is 0. The number of thiophene rings is 1. The summed E-state index contributed by atoms with van der Waals surface area (Å²) in [5, 5.41) is 0. The van der Waals surface area contributed by atoms with E-state index in [0.29, 0.717) is 17.4 Å². The number of aryl methyl sites for hydroxylation is 1. The van der Waals surface area contributed by atoms with Crippen LogP contribution in [0, 0.1) is 6.92 Å². The highest BCUT2D eigenvalue weighted by Gasteiger charge is 2.32. The van der Waals surface area contributed by atoms with E-state index in [2.05, 4.69) is 0 Å². The van der Waals surface area contributed by atoms with Crippen molar-refractivity contribution < 1.29 is 13.2 Å². The van der Waals surface area contributed by atoms with Crippen LogP contribution < -0.4 is 5.73 Å². The van der Waals surface area contributed by atoms with Crippen molar-refractivity contribution in [1.82, 2.24) is 4.31 Å². The molecule has 0 saturated carbocycles. The van der Waals surface area contributed by atoms with Crippen LogP contribution in [0.25, 0.3) is 0 Å². The minimum Gasteiger partial charge on any atom is -0.377 e. The van der Waals surface area contributed by atoms with Crippen molar-refractivity contribution in [2.24, 2.45) is 5.73 Å². The van der Waals surface area contributed by atoms with Gasteiger partial charge in [0.1, 0.15) is 4.21 Å². The van der Waals surface area contributed by atoms with Gasteiger partial charge < -0.3 is 10.5 Å². The topological polar surface area (TPSA) is 72.6 Å². The fraction of sp³-hybridized carbons (Fsp3) is 0.556. The molecule has 2 N–H and O–H groups in total. The summed E-state index contributed by atoms with van der Waals surface area (Å²) >= 11 is 1.26. The Morgan fingerprint density at radius 2 is 2.31 bits per heavy atom. The van der Waals surface area contributed by atoms with Gasteiger partial charge >= 0.3 is 0 Å². The number of nitrogens with two attached hydrogens (primary N) is 1. The Morgan fingerprint density at radius 1 is 1.56 bits per heavy atom. The lowest BCUT2D eigenvalue weighted by Gasteiger charge is -2.31. The zero-order valence-corrected chi connectivity index (χ0v) is 10.6. The zero-order valence-electron chi connectivity index (χ0n) is 8.92. The van der Waals surface area contributed by atoms with Gasteiger partial charge in [-0.1, -0.05) is 0 Å². The van der Waals surface area contributed by atoms with Gasteiger partial charge in [-0.25, -0.2) is 8.42 Å². The summed E-state index contributed by atoms with van der Waals surface area (Å²) in [4.78, 5) is 0.973. The molecule has 1 atom stereocenters. The van der Waals surface area contributed by atoms with Gasteiger partial charge in [0, 0.05) is 11.4 Å². The first-order chi connectivity index (χ1) is 7.51. The first-order valence-corrected chi connectivity index (χ1v) is 7.19. The van der Waals surface area contributed by atoms with Crippen molar-refractivity contribution in [2.75, 3.05) is 19.8 Å². The van der Waals surface area contributed by atoms with Crippen molar-refractivity contribution in [3.8, 4) is 0 Å². The van der Waals surface area contributed by atoms with Crippen LogP contribution in [-0.4, -0.2) is 38.6 Å². The minimum atomic E-state index is -3.44. The second-order valence-corrected chi connectivity index (χ2v) is 7.03. The smallest absolute Gasteiger partial charge is 0.254 e. The number of nitrogens with zero attached hydrogens (tertiary/aromatic N) is 1. The molecule has 1 aromatic heterocycles. The van der Waals surface area contributed by atoms with Gasteiger partial charge in [0.15, 0.2) is 0 Å². The predicted octanol–water partition coefficient (Wildman–Crippen LogP) is 0.362. The van der Waals surface area contributed by atoms with Crippen LogP contribution in [0.5, 0.6) is 0 Å². The number of hydrogen-bond acceptors (Lipinski definition) is 5. The average molecular weight is 262 g/mol. The van der Waals surface area contributed by atoms with E-state index in [-0.39, 0.29) is 6.61 Å². The standard InChI is InChI=1S/C9H14N2O3S2/c1-7-2-3-9(15-7)16(12,13)11-4-5-14-6-8(11)10/h2-3,8H,4-6,10H2,1H3. The summed E-state index contributed by atoms with van der Waals surface area (Å²) in [6, 6.07) is 3.42. The van der Waals surface area contributed by atoms with Crippen molar-refractivity contribution in [3.05, 3.63) is 17.0 Å². The van der Waals surface area contributed by atoms with Crippen LogP contribution >= 0.6 is 11.3 Å². The van der Waals surface area contributed by atoms with Crippen LogP contribution in [-0.2, 0) is 14.8 Å². The van der Waals surface area contributed by atoms with E-state index in [1.165, 1.54) is 15.6 Å². The maximum Gasteiger partial charge on any atom is 0.254 e. The molecule has 0 aliphatic carbocycles. The summed E-state index contributed by atoms with van der Waals surface area (Å²) in [6.07, 6.45) is -0.582. The van der Waals surface area contributed by atoms with E-state index in [1.54, 1.807) is 12.1 Å². The molecule has 0 spiro atoms. The molecule has 2 heterocycles. The minimum absolute atomic E-state index is 0.254. The van der Waals surface area contributed by atoms with E-state index in [0.717, 1.165) is 4.88 Å². The van der Waals surface area contributed by atoms with Gasteiger partial charge in [0.2, 0.25) is 0 Å². The Bertz CT molecular complexity index is 469. The molecule has 0 amide bonds. The van der Waals surface area contributed by atoms with Gasteiger partial charge in [-0.3, -0.25) is 0 Å². The predicted molar refractivity (Wildman–Crippen MR) is 61.7 cm³/mol. The quantitative estimate of drug-likeness (QED) is 0.835. The summed E-state index contributed by atoms with van der Waals surface area (Å²) in [7, 11) is -3.44. The van der Waals surface area contributed by atoms with Crippen LogP contribution in [0.4, 0.5) is 0 Å². The number of rotatable bonds is 2. The van der Waals surface area contributed by atoms with Gasteiger partial charge in [-0.05, 0) is 19.1 Å². The number of ether oxygens (including phenoxy) is 1. The molecule has 0 bridgehead atoms. The summed E-state index contributed by atoms with van der Waals surface area (Å²) in [5.41, 5.74) is 5.74.